The van der Waals surface area contributed by atoms with Gasteiger partial charge in [0.05, 0.1) is 4.21 Å². The first-order chi connectivity index (χ1) is 11.9. The Morgan fingerprint density at radius 1 is 0.960 bits per heavy atom. The fraction of sp³-hybridized carbons (Fsp3) is 0.118. The number of barbiturate groups is 1. The quantitative estimate of drug-likeness (QED) is 0.585. The maximum absolute atomic E-state index is 12.2. The van der Waals surface area contributed by atoms with Crippen molar-refractivity contribution >= 4 is 58.6 Å². The minimum atomic E-state index is -0.627. The van der Waals surface area contributed by atoms with Crippen molar-refractivity contribution in [3.8, 4) is 0 Å². The smallest absolute Gasteiger partial charge is 0.268 e. The number of nitrogens with zero attached hydrogens (tertiary/aromatic N) is 2. The molecule has 1 aromatic carbocycles. The highest BCUT2D eigenvalue weighted by molar-refractivity contribution is 8.01. The number of amides is 4. The van der Waals surface area contributed by atoms with E-state index in [9.17, 15) is 14.4 Å². The summed E-state index contributed by atoms with van der Waals surface area (Å²) in [6, 6.07) is 10.6. The van der Waals surface area contributed by atoms with Gasteiger partial charge in [-0.2, -0.15) is 0 Å². The van der Waals surface area contributed by atoms with Crippen LogP contribution in [0.4, 0.5) is 4.79 Å². The van der Waals surface area contributed by atoms with Crippen LogP contribution in [-0.2, 0) is 9.59 Å². The van der Waals surface area contributed by atoms with Gasteiger partial charge in [0.25, 0.3) is 11.8 Å². The summed E-state index contributed by atoms with van der Waals surface area (Å²) in [4.78, 5) is 39.8. The highest BCUT2D eigenvalue weighted by Gasteiger charge is 2.37. The minimum absolute atomic E-state index is 0.0190. The van der Waals surface area contributed by atoms with Crippen molar-refractivity contribution in [1.82, 2.24) is 9.80 Å². The van der Waals surface area contributed by atoms with Crippen LogP contribution in [0.1, 0.15) is 4.88 Å². The van der Waals surface area contributed by atoms with Gasteiger partial charge in [0.15, 0.2) is 0 Å². The van der Waals surface area contributed by atoms with Crippen molar-refractivity contribution in [1.29, 1.82) is 0 Å². The summed E-state index contributed by atoms with van der Waals surface area (Å²) in [6.45, 7) is 0. The van der Waals surface area contributed by atoms with Crippen molar-refractivity contribution in [2.45, 2.75) is 9.10 Å². The molecule has 0 radical (unpaired) electrons. The zero-order chi connectivity index (χ0) is 18.1. The lowest BCUT2D eigenvalue weighted by molar-refractivity contribution is -0.134. The number of carbonyl (C=O) groups is 3. The molecule has 2 heterocycles. The Hall–Kier alpha value is -2.09. The van der Waals surface area contributed by atoms with E-state index in [0.717, 1.165) is 23.8 Å². The Bertz CT molecular complexity index is 864. The van der Waals surface area contributed by atoms with E-state index in [0.29, 0.717) is 5.02 Å². The second-order valence-corrected chi connectivity index (χ2v) is 8.21. The number of urea groups is 1. The molecule has 0 aliphatic carbocycles. The van der Waals surface area contributed by atoms with Crippen LogP contribution >= 0.6 is 34.7 Å². The number of rotatable bonds is 3. The number of halogens is 1. The van der Waals surface area contributed by atoms with Gasteiger partial charge in [-0.05, 0) is 42.5 Å². The van der Waals surface area contributed by atoms with Crippen LogP contribution in [0, 0.1) is 0 Å². The van der Waals surface area contributed by atoms with Crippen molar-refractivity contribution in [3.63, 3.8) is 0 Å². The largest absolute Gasteiger partial charge is 0.333 e. The van der Waals surface area contributed by atoms with Crippen molar-refractivity contribution in [2.24, 2.45) is 0 Å². The van der Waals surface area contributed by atoms with Gasteiger partial charge in [-0.3, -0.25) is 19.4 Å². The first kappa shape index (κ1) is 17.7. The second kappa shape index (κ2) is 7.03. The Balaban J connectivity index is 1.83. The monoisotopic (exact) mass is 392 g/mol. The number of carbonyl (C=O) groups excluding carboxylic acids is 3. The lowest BCUT2D eigenvalue weighted by Gasteiger charge is -2.28. The van der Waals surface area contributed by atoms with Crippen LogP contribution in [0.25, 0.3) is 6.08 Å². The van der Waals surface area contributed by atoms with Gasteiger partial charge < -0.3 is 0 Å². The van der Waals surface area contributed by atoms with Crippen LogP contribution in [0.2, 0.25) is 5.02 Å². The molecule has 1 aliphatic rings. The molecule has 1 saturated heterocycles. The summed E-state index contributed by atoms with van der Waals surface area (Å²) in [5.74, 6) is -1.18. The number of thiophene rings is 1. The van der Waals surface area contributed by atoms with Gasteiger partial charge in [-0.25, -0.2) is 4.79 Å². The lowest BCUT2D eigenvalue weighted by atomic mass is 10.1. The van der Waals surface area contributed by atoms with E-state index in [2.05, 4.69) is 0 Å². The van der Waals surface area contributed by atoms with Gasteiger partial charge in [0, 0.05) is 28.9 Å². The first-order valence-electron chi connectivity index (χ1n) is 7.22. The summed E-state index contributed by atoms with van der Waals surface area (Å²) in [5.41, 5.74) is -0.0190. The van der Waals surface area contributed by atoms with E-state index in [-0.39, 0.29) is 5.57 Å². The molecule has 0 N–H and O–H groups in total. The minimum Gasteiger partial charge on any atom is -0.268 e. The third kappa shape index (κ3) is 3.63. The number of benzene rings is 1. The van der Waals surface area contributed by atoms with E-state index in [4.69, 9.17) is 11.6 Å². The van der Waals surface area contributed by atoms with Gasteiger partial charge >= 0.3 is 6.03 Å². The molecule has 2 aromatic rings. The highest BCUT2D eigenvalue weighted by atomic mass is 35.5. The van der Waals surface area contributed by atoms with Gasteiger partial charge in [0.1, 0.15) is 5.57 Å². The van der Waals surface area contributed by atoms with E-state index in [1.807, 2.05) is 36.4 Å². The molecule has 1 aromatic heterocycles. The molecule has 8 heteroatoms. The van der Waals surface area contributed by atoms with Crippen molar-refractivity contribution in [3.05, 3.63) is 51.9 Å². The predicted molar refractivity (Wildman–Crippen MR) is 98.8 cm³/mol. The Morgan fingerprint density at radius 2 is 1.56 bits per heavy atom. The van der Waals surface area contributed by atoms with E-state index in [1.165, 1.54) is 31.5 Å². The molecular formula is C17H13ClN2O3S2. The first-order valence-corrected chi connectivity index (χ1v) is 9.23. The average molecular weight is 393 g/mol. The topological polar surface area (TPSA) is 57.7 Å². The zero-order valence-electron chi connectivity index (χ0n) is 13.4. The molecular weight excluding hydrogens is 380 g/mol. The molecule has 3 rings (SSSR count). The summed E-state index contributed by atoms with van der Waals surface area (Å²) in [6.07, 6.45) is 1.53. The number of hydrogen-bond donors (Lipinski definition) is 0. The third-order valence-electron chi connectivity index (χ3n) is 3.56. The van der Waals surface area contributed by atoms with Crippen LogP contribution in [0.15, 0.2) is 51.1 Å². The number of hydrogen-bond acceptors (Lipinski definition) is 5. The molecule has 1 fully saturated rings. The van der Waals surface area contributed by atoms with Gasteiger partial charge in [-0.15, -0.1) is 11.3 Å². The van der Waals surface area contributed by atoms with Crippen LogP contribution in [-0.4, -0.2) is 41.7 Å². The fourth-order valence-electron chi connectivity index (χ4n) is 2.20. The average Bonchev–Trinajstić information content (AvgIpc) is 3.04. The Labute approximate surface area is 157 Å². The summed E-state index contributed by atoms with van der Waals surface area (Å²) >= 11 is 8.91. The van der Waals surface area contributed by atoms with Crippen molar-refractivity contribution < 1.29 is 14.4 Å². The standard InChI is InChI=1S/C17H13ClN2O3S2/c1-19-15(21)13(16(22)20(2)17(19)23)9-12-7-8-14(25-12)24-11-5-3-10(18)4-6-11/h3-9H,1-2H3. The highest BCUT2D eigenvalue weighted by Crippen LogP contribution is 2.35. The lowest BCUT2D eigenvalue weighted by Crippen LogP contribution is -2.52. The maximum Gasteiger partial charge on any atom is 0.333 e. The second-order valence-electron chi connectivity index (χ2n) is 5.28. The third-order valence-corrected chi connectivity index (χ3v) is 5.99. The molecule has 1 aliphatic heterocycles. The predicted octanol–water partition coefficient (Wildman–Crippen LogP) is 3.99. The normalized spacial score (nSPS) is 15.2. The Kier molecular flexibility index (Phi) is 4.99. The van der Waals surface area contributed by atoms with Crippen LogP contribution < -0.4 is 0 Å². The molecule has 5 nitrogen and oxygen atoms in total. The molecule has 0 spiro atoms. The zero-order valence-corrected chi connectivity index (χ0v) is 15.7. The van der Waals surface area contributed by atoms with Gasteiger partial charge in [-0.1, -0.05) is 23.4 Å². The molecule has 4 amide bonds. The van der Waals surface area contributed by atoms with Crippen LogP contribution in [0.5, 0.6) is 0 Å². The van der Waals surface area contributed by atoms with Gasteiger partial charge in [0.2, 0.25) is 0 Å². The SMILES string of the molecule is CN1C(=O)C(=Cc2ccc(Sc3ccc(Cl)cc3)s2)C(=O)N(C)C1=O. The summed E-state index contributed by atoms with van der Waals surface area (Å²) in [5, 5.41) is 0.679. The van der Waals surface area contributed by atoms with E-state index >= 15 is 0 Å². The fourth-order valence-corrected chi connectivity index (χ4v) is 4.39. The number of imide groups is 2. The molecule has 128 valence electrons. The van der Waals surface area contributed by atoms with Crippen molar-refractivity contribution in [2.75, 3.05) is 14.1 Å². The molecule has 0 bridgehead atoms. The van der Waals surface area contributed by atoms with E-state index < -0.39 is 17.8 Å². The molecule has 25 heavy (non-hydrogen) atoms. The van der Waals surface area contributed by atoms with E-state index in [1.54, 1.807) is 11.8 Å². The summed E-state index contributed by atoms with van der Waals surface area (Å²) < 4.78 is 1.02. The summed E-state index contributed by atoms with van der Waals surface area (Å²) in [7, 11) is 2.72. The maximum atomic E-state index is 12.2. The Morgan fingerprint density at radius 3 is 2.16 bits per heavy atom. The molecule has 0 saturated carbocycles. The molecule has 0 unspecified atom stereocenters. The number of likely N-dealkylation sites (N-methyl/N-ethyl adjacent to an activating group) is 2. The molecule has 0 atom stereocenters. The van der Waals surface area contributed by atoms with Crippen LogP contribution in [0.3, 0.4) is 0 Å².